The van der Waals surface area contributed by atoms with Crippen LogP contribution in [0.2, 0.25) is 5.02 Å². The van der Waals surface area contributed by atoms with Gasteiger partial charge in [0.15, 0.2) is 5.11 Å². The Bertz CT molecular complexity index is 1440. The Hall–Kier alpha value is -3.20. The maximum Gasteiger partial charge on any atom is 0.335 e. The third kappa shape index (κ3) is 4.45. The Morgan fingerprint density at radius 1 is 1.17 bits per heavy atom. The molecule has 2 atom stereocenters. The van der Waals surface area contributed by atoms with E-state index in [0.29, 0.717) is 27.2 Å². The van der Waals surface area contributed by atoms with Crippen molar-refractivity contribution >= 4 is 56.5 Å². The van der Waals surface area contributed by atoms with Gasteiger partial charge in [-0.1, -0.05) is 33.6 Å². The van der Waals surface area contributed by atoms with Crippen molar-refractivity contribution in [2.75, 3.05) is 4.90 Å². The fourth-order valence-electron chi connectivity index (χ4n) is 4.20. The van der Waals surface area contributed by atoms with E-state index in [0.717, 1.165) is 21.4 Å². The Morgan fingerprint density at radius 2 is 2.00 bits per heavy atom. The van der Waals surface area contributed by atoms with Gasteiger partial charge in [0.2, 0.25) is 0 Å². The summed E-state index contributed by atoms with van der Waals surface area (Å²) in [5, 5.41) is 13.8. The number of rotatable bonds is 5. The number of halogens is 2. The van der Waals surface area contributed by atoms with Gasteiger partial charge in [-0.15, -0.1) is 0 Å². The summed E-state index contributed by atoms with van der Waals surface area (Å²) < 4.78 is 7.32. The van der Waals surface area contributed by atoms with Crippen LogP contribution >= 0.6 is 39.7 Å². The van der Waals surface area contributed by atoms with Crippen LogP contribution in [0.1, 0.15) is 39.5 Å². The van der Waals surface area contributed by atoms with Crippen LogP contribution in [0.3, 0.4) is 0 Å². The molecular formula is C26H19BrClN3O3S. The van der Waals surface area contributed by atoms with Crippen LogP contribution in [-0.4, -0.2) is 21.2 Å². The monoisotopic (exact) mass is 567 g/mol. The number of benzene rings is 2. The summed E-state index contributed by atoms with van der Waals surface area (Å²) in [5.41, 5.74) is 3.44. The minimum absolute atomic E-state index is 0.129. The highest BCUT2D eigenvalue weighted by Crippen LogP contribution is 2.44. The zero-order valence-electron chi connectivity index (χ0n) is 18.4. The predicted octanol–water partition coefficient (Wildman–Crippen LogP) is 6.94. The molecule has 9 heteroatoms. The topological polar surface area (TPSA) is 78.6 Å². The second kappa shape index (κ2) is 9.45. The van der Waals surface area contributed by atoms with Gasteiger partial charge in [0.05, 0.1) is 22.3 Å². The maximum atomic E-state index is 11.5. The first-order valence-electron chi connectivity index (χ1n) is 10.7. The number of hydrogen-bond acceptors (Lipinski definition) is 4. The van der Waals surface area contributed by atoms with Crippen molar-refractivity contribution < 1.29 is 14.3 Å². The van der Waals surface area contributed by atoms with E-state index in [-0.39, 0.29) is 17.6 Å². The van der Waals surface area contributed by atoms with Gasteiger partial charge in [0, 0.05) is 21.9 Å². The molecule has 0 radical (unpaired) electrons. The van der Waals surface area contributed by atoms with Crippen molar-refractivity contribution in [2.24, 2.45) is 0 Å². The first-order chi connectivity index (χ1) is 16.8. The minimum Gasteiger partial charge on any atom is -0.478 e. The van der Waals surface area contributed by atoms with E-state index in [9.17, 15) is 9.90 Å². The summed E-state index contributed by atoms with van der Waals surface area (Å²) in [4.78, 5) is 18.1. The second-order valence-corrected chi connectivity index (χ2v) is 9.78. The molecule has 2 aromatic heterocycles. The average Bonchev–Trinajstić information content (AvgIpc) is 3.46. The number of aryl methyl sites for hydroxylation is 1. The standard InChI is InChI=1S/C26H19BrClN3O3S/c1-14-12-16(6-7-18(14)27)31-24(23(30-26(31)35)20-4-2-3-11-29-20)22-10-9-21(34-22)17-13-15(25(32)33)5-8-19(17)28/h2-13,23-24H,1H3,(H,30,35)(H,32,33)/t23-,24-/m0/s1. The molecule has 3 heterocycles. The zero-order valence-corrected chi connectivity index (χ0v) is 21.6. The Morgan fingerprint density at radius 3 is 2.71 bits per heavy atom. The van der Waals surface area contributed by atoms with Gasteiger partial charge in [-0.05, 0) is 85.4 Å². The van der Waals surface area contributed by atoms with E-state index in [1.54, 1.807) is 18.3 Å². The van der Waals surface area contributed by atoms with E-state index in [2.05, 4.69) is 32.3 Å². The lowest BCUT2D eigenvalue weighted by Crippen LogP contribution is -2.29. The summed E-state index contributed by atoms with van der Waals surface area (Å²) >= 11 is 15.7. The summed E-state index contributed by atoms with van der Waals surface area (Å²) in [6.45, 7) is 2.02. The Balaban J connectivity index is 1.62. The highest BCUT2D eigenvalue weighted by atomic mass is 79.9. The number of anilines is 1. The van der Waals surface area contributed by atoms with Crippen LogP contribution in [0.5, 0.6) is 0 Å². The molecule has 1 fully saturated rings. The second-order valence-electron chi connectivity index (χ2n) is 8.13. The SMILES string of the molecule is Cc1cc(N2C(=S)N[C@@H](c3ccccn3)[C@@H]2c2ccc(-c3cc(C(=O)O)ccc3Cl)o2)ccc1Br. The molecule has 6 nitrogen and oxygen atoms in total. The quantitative estimate of drug-likeness (QED) is 0.252. The number of nitrogens with one attached hydrogen (secondary N) is 1. The molecule has 1 saturated heterocycles. The number of furan rings is 1. The summed E-state index contributed by atoms with van der Waals surface area (Å²) in [5.74, 6) is 0.0741. The Kier molecular flexibility index (Phi) is 6.35. The van der Waals surface area contributed by atoms with Gasteiger partial charge in [-0.2, -0.15) is 0 Å². The first kappa shape index (κ1) is 23.5. The Labute approximate surface area is 220 Å². The van der Waals surface area contributed by atoms with Gasteiger partial charge in [-0.25, -0.2) is 4.79 Å². The number of pyridine rings is 1. The zero-order chi connectivity index (χ0) is 24.7. The lowest BCUT2D eigenvalue weighted by molar-refractivity contribution is 0.0697. The van der Waals surface area contributed by atoms with Crippen molar-refractivity contribution in [1.82, 2.24) is 10.3 Å². The van der Waals surface area contributed by atoms with E-state index in [1.165, 1.54) is 12.1 Å². The lowest BCUT2D eigenvalue weighted by atomic mass is 10.0. The van der Waals surface area contributed by atoms with Crippen molar-refractivity contribution in [3.05, 3.63) is 105 Å². The van der Waals surface area contributed by atoms with Gasteiger partial charge in [0.1, 0.15) is 17.6 Å². The molecule has 0 aliphatic carbocycles. The average molecular weight is 569 g/mol. The molecule has 4 aromatic rings. The molecule has 2 aromatic carbocycles. The van der Waals surface area contributed by atoms with Crippen molar-refractivity contribution in [1.29, 1.82) is 0 Å². The van der Waals surface area contributed by atoms with Crippen molar-refractivity contribution in [3.8, 4) is 11.3 Å². The fraction of sp³-hybridized carbons (Fsp3) is 0.115. The molecule has 1 aliphatic heterocycles. The highest BCUT2D eigenvalue weighted by molar-refractivity contribution is 9.10. The van der Waals surface area contributed by atoms with Crippen molar-refractivity contribution in [3.63, 3.8) is 0 Å². The number of aromatic nitrogens is 1. The fourth-order valence-corrected chi connectivity index (χ4v) is 5.01. The van der Waals surface area contributed by atoms with E-state index in [4.69, 9.17) is 28.2 Å². The van der Waals surface area contributed by atoms with E-state index >= 15 is 0 Å². The maximum absolute atomic E-state index is 11.5. The van der Waals surface area contributed by atoms with Crippen LogP contribution in [0.25, 0.3) is 11.3 Å². The number of carboxylic acid groups (broad SMARTS) is 1. The van der Waals surface area contributed by atoms with Gasteiger partial charge in [0.25, 0.3) is 0 Å². The molecule has 0 amide bonds. The number of carbonyl (C=O) groups is 1. The van der Waals surface area contributed by atoms with Crippen LogP contribution in [0.15, 0.2) is 81.8 Å². The summed E-state index contributed by atoms with van der Waals surface area (Å²) in [6, 6.07) is 19.4. The smallest absolute Gasteiger partial charge is 0.335 e. The molecule has 0 spiro atoms. The summed E-state index contributed by atoms with van der Waals surface area (Å²) in [7, 11) is 0. The lowest BCUT2D eigenvalue weighted by Gasteiger charge is -2.26. The molecular weight excluding hydrogens is 550 g/mol. The number of aromatic carboxylic acids is 1. The number of hydrogen-bond donors (Lipinski definition) is 2. The molecule has 176 valence electrons. The third-order valence-electron chi connectivity index (χ3n) is 5.91. The highest BCUT2D eigenvalue weighted by Gasteiger charge is 2.42. The summed E-state index contributed by atoms with van der Waals surface area (Å²) in [6.07, 6.45) is 1.74. The van der Waals surface area contributed by atoms with Crippen molar-refractivity contribution in [2.45, 2.75) is 19.0 Å². The first-order valence-corrected chi connectivity index (χ1v) is 12.3. The number of carboxylic acids is 1. The largest absolute Gasteiger partial charge is 0.478 e. The molecule has 1 aliphatic rings. The van der Waals surface area contributed by atoms with Crippen LogP contribution in [0, 0.1) is 6.92 Å². The van der Waals surface area contributed by atoms with Gasteiger partial charge < -0.3 is 19.7 Å². The minimum atomic E-state index is -1.04. The molecule has 35 heavy (non-hydrogen) atoms. The van der Waals surface area contributed by atoms with E-state index < -0.39 is 5.97 Å². The number of thiocarbonyl (C=S) groups is 1. The number of nitrogens with zero attached hydrogens (tertiary/aromatic N) is 2. The van der Waals surface area contributed by atoms with Crippen LogP contribution < -0.4 is 10.2 Å². The van der Waals surface area contributed by atoms with Gasteiger partial charge >= 0.3 is 5.97 Å². The molecule has 5 rings (SSSR count). The molecule has 0 saturated carbocycles. The molecule has 0 bridgehead atoms. The van der Waals surface area contributed by atoms with Gasteiger partial charge in [-0.3, -0.25) is 4.98 Å². The normalized spacial score (nSPS) is 17.5. The molecule has 0 unspecified atom stereocenters. The van der Waals surface area contributed by atoms with Crippen LogP contribution in [0.4, 0.5) is 5.69 Å². The molecule has 2 N–H and O–H groups in total. The van der Waals surface area contributed by atoms with E-state index in [1.807, 2.05) is 48.2 Å². The third-order valence-corrected chi connectivity index (χ3v) is 7.45. The predicted molar refractivity (Wildman–Crippen MR) is 143 cm³/mol. The van der Waals surface area contributed by atoms with Crippen LogP contribution in [-0.2, 0) is 0 Å².